The lowest BCUT2D eigenvalue weighted by Gasteiger charge is -2.23. The van der Waals surface area contributed by atoms with E-state index in [4.69, 9.17) is 5.73 Å². The Kier molecular flexibility index (Phi) is 3.27. The van der Waals surface area contributed by atoms with E-state index in [9.17, 15) is 8.42 Å². The second-order valence-corrected chi connectivity index (χ2v) is 7.26. The minimum Gasteiger partial charge on any atom is -0.324 e. The summed E-state index contributed by atoms with van der Waals surface area (Å²) in [5.41, 5.74) is 7.98. The van der Waals surface area contributed by atoms with Gasteiger partial charge >= 0.3 is 0 Å². The standard InChI is InChI=1S/C13H19NO2S/c1-9(2)7-10-3-4-13-11(8-10)12(14)5-6-17(13,15)16/h3-4,8-9,12H,5-7,14H2,1-2H3. The summed E-state index contributed by atoms with van der Waals surface area (Å²) in [6, 6.07) is 5.47. The molecule has 3 nitrogen and oxygen atoms in total. The third kappa shape index (κ3) is 2.53. The largest absolute Gasteiger partial charge is 0.324 e. The van der Waals surface area contributed by atoms with Crippen molar-refractivity contribution in [2.45, 2.75) is 37.6 Å². The Morgan fingerprint density at radius 3 is 2.76 bits per heavy atom. The number of fused-ring (bicyclic) bond motifs is 1. The van der Waals surface area contributed by atoms with Crippen molar-refractivity contribution in [3.8, 4) is 0 Å². The highest BCUT2D eigenvalue weighted by Gasteiger charge is 2.28. The van der Waals surface area contributed by atoms with Gasteiger partial charge in [0.05, 0.1) is 10.6 Å². The number of nitrogens with two attached hydrogens (primary N) is 1. The predicted octanol–water partition coefficient (Wildman–Crippen LogP) is 2.06. The molecule has 1 aromatic carbocycles. The Bertz CT molecular complexity index is 520. The smallest absolute Gasteiger partial charge is 0.178 e. The highest BCUT2D eigenvalue weighted by molar-refractivity contribution is 7.91. The van der Waals surface area contributed by atoms with Crippen molar-refractivity contribution in [1.82, 2.24) is 0 Å². The molecule has 17 heavy (non-hydrogen) atoms. The van der Waals surface area contributed by atoms with E-state index >= 15 is 0 Å². The van der Waals surface area contributed by atoms with Crippen molar-refractivity contribution in [2.75, 3.05) is 5.75 Å². The quantitative estimate of drug-likeness (QED) is 0.877. The van der Waals surface area contributed by atoms with Gasteiger partial charge in [-0.25, -0.2) is 8.42 Å². The Labute approximate surface area is 103 Å². The minimum absolute atomic E-state index is 0.138. The van der Waals surface area contributed by atoms with Crippen molar-refractivity contribution in [1.29, 1.82) is 0 Å². The van der Waals surface area contributed by atoms with E-state index in [0.717, 1.165) is 12.0 Å². The maximum absolute atomic E-state index is 11.9. The molecule has 1 atom stereocenters. The van der Waals surface area contributed by atoms with Gasteiger partial charge in [0.25, 0.3) is 0 Å². The molecule has 1 aromatic rings. The van der Waals surface area contributed by atoms with Gasteiger partial charge in [0.1, 0.15) is 0 Å². The molecule has 1 aliphatic heterocycles. The molecular weight excluding hydrogens is 234 g/mol. The second kappa shape index (κ2) is 4.42. The molecule has 1 unspecified atom stereocenters. The fraction of sp³-hybridized carbons (Fsp3) is 0.538. The first-order chi connectivity index (χ1) is 7.90. The van der Waals surface area contributed by atoms with Crippen LogP contribution >= 0.6 is 0 Å². The van der Waals surface area contributed by atoms with E-state index in [1.807, 2.05) is 12.1 Å². The van der Waals surface area contributed by atoms with Crippen LogP contribution in [-0.2, 0) is 16.3 Å². The summed E-state index contributed by atoms with van der Waals surface area (Å²) in [4.78, 5) is 0.434. The Hall–Kier alpha value is -0.870. The first-order valence-corrected chi connectivity index (χ1v) is 7.66. The van der Waals surface area contributed by atoms with E-state index in [-0.39, 0.29) is 11.8 Å². The van der Waals surface area contributed by atoms with Gasteiger partial charge in [-0.2, -0.15) is 0 Å². The number of hydrogen-bond donors (Lipinski definition) is 1. The lowest BCUT2D eigenvalue weighted by atomic mass is 9.97. The zero-order chi connectivity index (χ0) is 12.6. The first-order valence-electron chi connectivity index (χ1n) is 6.01. The summed E-state index contributed by atoms with van der Waals surface area (Å²) in [7, 11) is -3.10. The molecule has 4 heteroatoms. The zero-order valence-corrected chi connectivity index (χ0v) is 11.1. The molecule has 0 aromatic heterocycles. The molecule has 0 saturated heterocycles. The molecule has 1 heterocycles. The average molecular weight is 253 g/mol. The van der Waals surface area contributed by atoms with Crippen LogP contribution in [0.15, 0.2) is 23.1 Å². The van der Waals surface area contributed by atoms with Crippen molar-refractivity contribution in [3.63, 3.8) is 0 Å². The number of benzene rings is 1. The van der Waals surface area contributed by atoms with Crippen LogP contribution < -0.4 is 5.73 Å². The van der Waals surface area contributed by atoms with Gasteiger partial charge in [0.15, 0.2) is 9.84 Å². The van der Waals surface area contributed by atoms with Crippen molar-refractivity contribution < 1.29 is 8.42 Å². The molecule has 94 valence electrons. The van der Waals surface area contributed by atoms with Gasteiger partial charge in [0.2, 0.25) is 0 Å². The predicted molar refractivity (Wildman–Crippen MR) is 68.6 cm³/mol. The molecular formula is C13H19NO2S. The molecule has 0 saturated carbocycles. The molecule has 2 rings (SSSR count). The molecule has 0 radical (unpaired) electrons. The third-order valence-corrected chi connectivity index (χ3v) is 4.97. The molecule has 0 amide bonds. The summed E-state index contributed by atoms with van der Waals surface area (Å²) in [6.45, 7) is 4.30. The molecule has 1 aliphatic rings. The average Bonchev–Trinajstić information content (AvgIpc) is 2.23. The first kappa shape index (κ1) is 12.6. The second-order valence-electron chi connectivity index (χ2n) is 5.18. The van der Waals surface area contributed by atoms with Gasteiger partial charge in [0, 0.05) is 6.04 Å². The van der Waals surface area contributed by atoms with Crippen LogP contribution in [-0.4, -0.2) is 14.2 Å². The molecule has 2 N–H and O–H groups in total. The fourth-order valence-corrected chi connectivity index (χ4v) is 3.95. The summed E-state index contributed by atoms with van der Waals surface area (Å²) in [5, 5.41) is 0. The molecule has 0 spiro atoms. The van der Waals surface area contributed by atoms with Crippen LogP contribution in [0.3, 0.4) is 0 Å². The molecule has 0 aliphatic carbocycles. The highest BCUT2D eigenvalue weighted by Crippen LogP contribution is 2.31. The lowest BCUT2D eigenvalue weighted by Crippen LogP contribution is -2.25. The van der Waals surface area contributed by atoms with Gasteiger partial charge in [-0.05, 0) is 36.0 Å². The van der Waals surface area contributed by atoms with Gasteiger partial charge < -0.3 is 5.73 Å². The Morgan fingerprint density at radius 1 is 1.41 bits per heavy atom. The maximum atomic E-state index is 11.9. The summed E-state index contributed by atoms with van der Waals surface area (Å²) in [6.07, 6.45) is 1.49. The number of rotatable bonds is 2. The van der Waals surface area contributed by atoms with Crippen LogP contribution in [0.25, 0.3) is 0 Å². The van der Waals surface area contributed by atoms with E-state index in [2.05, 4.69) is 13.8 Å². The fourth-order valence-electron chi connectivity index (χ4n) is 2.32. The van der Waals surface area contributed by atoms with Crippen LogP contribution in [0.4, 0.5) is 0 Å². The van der Waals surface area contributed by atoms with Crippen molar-refractivity contribution >= 4 is 9.84 Å². The Balaban J connectivity index is 2.47. The van der Waals surface area contributed by atoms with E-state index in [0.29, 0.717) is 17.2 Å². The summed E-state index contributed by atoms with van der Waals surface area (Å²) in [5.74, 6) is 0.731. The zero-order valence-electron chi connectivity index (χ0n) is 10.3. The van der Waals surface area contributed by atoms with Crippen LogP contribution in [0.1, 0.15) is 37.4 Å². The van der Waals surface area contributed by atoms with Gasteiger partial charge in [-0.1, -0.05) is 26.0 Å². The summed E-state index contributed by atoms with van der Waals surface area (Å²) < 4.78 is 23.8. The number of sulfone groups is 1. The van der Waals surface area contributed by atoms with Crippen LogP contribution in [0.2, 0.25) is 0 Å². The van der Waals surface area contributed by atoms with Gasteiger partial charge in [-0.15, -0.1) is 0 Å². The van der Waals surface area contributed by atoms with Gasteiger partial charge in [-0.3, -0.25) is 0 Å². The van der Waals surface area contributed by atoms with E-state index < -0.39 is 9.84 Å². The summed E-state index contributed by atoms with van der Waals surface area (Å²) >= 11 is 0. The normalized spacial score (nSPS) is 22.5. The van der Waals surface area contributed by atoms with Crippen molar-refractivity contribution in [3.05, 3.63) is 29.3 Å². The lowest BCUT2D eigenvalue weighted by molar-refractivity contribution is 0.567. The number of hydrogen-bond acceptors (Lipinski definition) is 3. The SMILES string of the molecule is CC(C)Cc1ccc2c(c1)C(N)CCS2(=O)=O. The molecule has 0 fully saturated rings. The van der Waals surface area contributed by atoms with E-state index in [1.54, 1.807) is 6.07 Å². The third-order valence-electron chi connectivity index (χ3n) is 3.15. The van der Waals surface area contributed by atoms with Crippen LogP contribution in [0.5, 0.6) is 0 Å². The highest BCUT2D eigenvalue weighted by atomic mass is 32.2. The minimum atomic E-state index is -3.10. The van der Waals surface area contributed by atoms with Crippen LogP contribution in [0, 0.1) is 5.92 Å². The van der Waals surface area contributed by atoms with E-state index in [1.165, 1.54) is 5.56 Å². The Morgan fingerprint density at radius 2 is 2.12 bits per heavy atom. The van der Waals surface area contributed by atoms with Crippen molar-refractivity contribution in [2.24, 2.45) is 11.7 Å². The monoisotopic (exact) mass is 253 g/mol. The maximum Gasteiger partial charge on any atom is 0.178 e. The topological polar surface area (TPSA) is 60.2 Å². The molecule has 0 bridgehead atoms.